The van der Waals surface area contributed by atoms with Crippen LogP contribution in [0.15, 0.2) is 72.9 Å². The molecule has 0 saturated heterocycles. The van der Waals surface area contributed by atoms with E-state index in [9.17, 15) is 4.39 Å². The summed E-state index contributed by atoms with van der Waals surface area (Å²) in [7, 11) is 0. The fraction of sp³-hybridized carbons (Fsp3) is 0.0476. The van der Waals surface area contributed by atoms with Crippen LogP contribution in [0.2, 0.25) is 0 Å². The first-order valence-corrected chi connectivity index (χ1v) is 7.95. The van der Waals surface area contributed by atoms with Gasteiger partial charge in [-0.3, -0.25) is 0 Å². The number of nitrogens with zero attached hydrogens (tertiary/aromatic N) is 2. The molecule has 0 N–H and O–H groups in total. The van der Waals surface area contributed by atoms with Crippen LogP contribution in [0.25, 0.3) is 22.0 Å². The Morgan fingerprint density at radius 2 is 1.72 bits per heavy atom. The van der Waals surface area contributed by atoms with Crippen LogP contribution < -0.4 is 4.74 Å². The molecular weight excluding hydrogens is 315 g/mol. The molecule has 0 fully saturated rings. The number of aryl methyl sites for hydroxylation is 1. The zero-order valence-electron chi connectivity index (χ0n) is 13.6. The van der Waals surface area contributed by atoms with Crippen molar-refractivity contribution in [2.24, 2.45) is 0 Å². The molecule has 0 spiro atoms. The van der Waals surface area contributed by atoms with Crippen LogP contribution in [0, 0.1) is 12.7 Å². The van der Waals surface area contributed by atoms with Crippen molar-refractivity contribution in [3.8, 4) is 22.8 Å². The van der Waals surface area contributed by atoms with Crippen molar-refractivity contribution in [1.82, 2.24) is 10.2 Å². The number of hydrogen-bond acceptors (Lipinski definition) is 3. The fourth-order valence-corrected chi connectivity index (χ4v) is 2.83. The lowest BCUT2D eigenvalue weighted by Gasteiger charge is -2.10. The van der Waals surface area contributed by atoms with Crippen molar-refractivity contribution in [3.05, 3.63) is 84.3 Å². The summed E-state index contributed by atoms with van der Waals surface area (Å²) in [6.45, 7) is 2.05. The highest BCUT2D eigenvalue weighted by Gasteiger charge is 2.10. The molecule has 3 nitrogen and oxygen atoms in total. The van der Waals surface area contributed by atoms with Crippen molar-refractivity contribution in [1.29, 1.82) is 0 Å². The standard InChI is InChI=1S/C21H15FN2O/c1-14-5-2-3-8-19(14)21-20-10-9-18(11-15(20)13-23-24-21)25-17-7-4-6-16(22)12-17/h2-13H,1H3. The molecule has 0 aliphatic rings. The maximum atomic E-state index is 13.3. The average Bonchev–Trinajstić information content (AvgIpc) is 2.62. The lowest BCUT2D eigenvalue weighted by Crippen LogP contribution is -1.92. The summed E-state index contributed by atoms with van der Waals surface area (Å²) in [6.07, 6.45) is 1.70. The van der Waals surface area contributed by atoms with Crippen LogP contribution in [-0.4, -0.2) is 10.2 Å². The maximum Gasteiger partial charge on any atom is 0.130 e. The summed E-state index contributed by atoms with van der Waals surface area (Å²) in [5.41, 5.74) is 3.04. The number of fused-ring (bicyclic) bond motifs is 1. The van der Waals surface area contributed by atoms with Crippen LogP contribution in [0.4, 0.5) is 4.39 Å². The third-order valence-corrected chi connectivity index (χ3v) is 4.06. The second kappa shape index (κ2) is 6.32. The van der Waals surface area contributed by atoms with E-state index in [0.29, 0.717) is 11.5 Å². The molecular formula is C21H15FN2O. The van der Waals surface area contributed by atoms with Gasteiger partial charge in [-0.25, -0.2) is 4.39 Å². The quantitative estimate of drug-likeness (QED) is 0.495. The van der Waals surface area contributed by atoms with Crippen molar-refractivity contribution in [2.45, 2.75) is 6.92 Å². The van der Waals surface area contributed by atoms with Gasteiger partial charge >= 0.3 is 0 Å². The summed E-state index contributed by atoms with van der Waals surface area (Å²) < 4.78 is 19.1. The maximum absolute atomic E-state index is 13.3. The van der Waals surface area contributed by atoms with Gasteiger partial charge < -0.3 is 4.74 Å². The van der Waals surface area contributed by atoms with E-state index in [-0.39, 0.29) is 5.82 Å². The summed E-state index contributed by atoms with van der Waals surface area (Å²) in [5.74, 6) is 0.758. The predicted octanol–water partition coefficient (Wildman–Crippen LogP) is 5.54. The third kappa shape index (κ3) is 3.06. The van der Waals surface area contributed by atoms with E-state index in [4.69, 9.17) is 4.74 Å². The molecule has 0 radical (unpaired) electrons. The molecule has 3 aromatic carbocycles. The minimum Gasteiger partial charge on any atom is -0.457 e. The molecule has 4 heteroatoms. The summed E-state index contributed by atoms with van der Waals surface area (Å²) >= 11 is 0. The largest absolute Gasteiger partial charge is 0.457 e. The van der Waals surface area contributed by atoms with E-state index in [2.05, 4.69) is 23.2 Å². The number of benzene rings is 3. The SMILES string of the molecule is Cc1ccccc1-c1nncc2cc(Oc3cccc(F)c3)ccc12. The van der Waals surface area contributed by atoms with Gasteiger partial charge in [0, 0.05) is 22.4 Å². The number of halogens is 1. The third-order valence-electron chi connectivity index (χ3n) is 4.06. The van der Waals surface area contributed by atoms with Crippen LogP contribution in [-0.2, 0) is 0 Å². The number of rotatable bonds is 3. The van der Waals surface area contributed by atoms with Crippen molar-refractivity contribution in [2.75, 3.05) is 0 Å². The van der Waals surface area contributed by atoms with E-state index < -0.39 is 0 Å². The lowest BCUT2D eigenvalue weighted by atomic mass is 10.0. The van der Waals surface area contributed by atoms with E-state index >= 15 is 0 Å². The molecule has 4 rings (SSSR count). The van der Waals surface area contributed by atoms with Crippen molar-refractivity contribution < 1.29 is 9.13 Å². The van der Waals surface area contributed by atoms with Gasteiger partial charge in [-0.1, -0.05) is 30.3 Å². The zero-order valence-corrected chi connectivity index (χ0v) is 13.6. The highest BCUT2D eigenvalue weighted by Crippen LogP contribution is 2.31. The predicted molar refractivity (Wildman–Crippen MR) is 96.2 cm³/mol. The van der Waals surface area contributed by atoms with Gasteiger partial charge in [0.05, 0.1) is 6.20 Å². The first-order chi connectivity index (χ1) is 12.2. The summed E-state index contributed by atoms with van der Waals surface area (Å²) in [4.78, 5) is 0. The molecule has 0 bridgehead atoms. The Balaban J connectivity index is 1.76. The Morgan fingerprint density at radius 3 is 2.56 bits per heavy atom. The van der Waals surface area contributed by atoms with E-state index in [1.165, 1.54) is 12.1 Å². The van der Waals surface area contributed by atoms with Crippen LogP contribution in [0.1, 0.15) is 5.56 Å². The van der Waals surface area contributed by atoms with E-state index in [1.807, 2.05) is 36.4 Å². The molecule has 0 aliphatic heterocycles. The Morgan fingerprint density at radius 1 is 0.880 bits per heavy atom. The van der Waals surface area contributed by atoms with Gasteiger partial charge in [-0.05, 0) is 42.8 Å². The summed E-state index contributed by atoms with van der Waals surface area (Å²) in [5, 5.41) is 10.4. The zero-order chi connectivity index (χ0) is 17.2. The molecule has 1 heterocycles. The van der Waals surface area contributed by atoms with Gasteiger partial charge in [0.15, 0.2) is 0 Å². The van der Waals surface area contributed by atoms with Crippen molar-refractivity contribution >= 4 is 10.8 Å². The molecule has 0 atom stereocenters. The fourth-order valence-electron chi connectivity index (χ4n) is 2.83. The Labute approximate surface area is 144 Å². The lowest BCUT2D eigenvalue weighted by molar-refractivity contribution is 0.477. The second-order valence-electron chi connectivity index (χ2n) is 5.82. The molecule has 0 amide bonds. The average molecular weight is 330 g/mol. The molecule has 0 aliphatic carbocycles. The summed E-state index contributed by atoms with van der Waals surface area (Å²) in [6, 6.07) is 19.9. The highest BCUT2D eigenvalue weighted by atomic mass is 19.1. The smallest absolute Gasteiger partial charge is 0.130 e. The van der Waals surface area contributed by atoms with Gasteiger partial charge in [0.2, 0.25) is 0 Å². The van der Waals surface area contributed by atoms with Gasteiger partial charge in [-0.15, -0.1) is 5.10 Å². The van der Waals surface area contributed by atoms with E-state index in [1.54, 1.807) is 18.3 Å². The van der Waals surface area contributed by atoms with Crippen LogP contribution in [0.5, 0.6) is 11.5 Å². The Hall–Kier alpha value is -3.27. The Kier molecular flexibility index (Phi) is 3.86. The first-order valence-electron chi connectivity index (χ1n) is 7.95. The van der Waals surface area contributed by atoms with Gasteiger partial charge in [0.25, 0.3) is 0 Å². The number of aromatic nitrogens is 2. The molecule has 1 aromatic heterocycles. The normalized spacial score (nSPS) is 10.8. The monoisotopic (exact) mass is 330 g/mol. The van der Waals surface area contributed by atoms with Crippen LogP contribution >= 0.6 is 0 Å². The molecule has 4 aromatic rings. The molecule has 0 unspecified atom stereocenters. The number of hydrogen-bond donors (Lipinski definition) is 0. The van der Waals surface area contributed by atoms with Crippen LogP contribution in [0.3, 0.4) is 0 Å². The van der Waals surface area contributed by atoms with Gasteiger partial charge in [-0.2, -0.15) is 5.10 Å². The van der Waals surface area contributed by atoms with Gasteiger partial charge in [0.1, 0.15) is 23.0 Å². The molecule has 122 valence electrons. The first kappa shape index (κ1) is 15.3. The second-order valence-corrected chi connectivity index (χ2v) is 5.82. The van der Waals surface area contributed by atoms with E-state index in [0.717, 1.165) is 27.6 Å². The molecule has 0 saturated carbocycles. The molecule has 25 heavy (non-hydrogen) atoms. The number of ether oxygens (including phenoxy) is 1. The minimum absolute atomic E-state index is 0.328. The highest BCUT2D eigenvalue weighted by molar-refractivity contribution is 5.95. The van der Waals surface area contributed by atoms with Crippen molar-refractivity contribution in [3.63, 3.8) is 0 Å². The Bertz CT molecular complexity index is 1060. The topological polar surface area (TPSA) is 35.0 Å². The minimum atomic E-state index is -0.328.